The minimum absolute atomic E-state index is 0.258. The highest BCUT2D eigenvalue weighted by atomic mass is 16.4. The molecule has 2 N–H and O–H groups in total. The van der Waals surface area contributed by atoms with Gasteiger partial charge in [0.1, 0.15) is 0 Å². The fourth-order valence-corrected chi connectivity index (χ4v) is 2.64. The standard InChI is InChI=1S/C14H17N3O/c15-9-8-13-16-17-14(18-13)12-7-3-5-10-4-1-2-6-11(10)12/h1-2,4,6,12H,3,5,7-9,15H2. The first-order chi connectivity index (χ1) is 8.88. The molecule has 1 aliphatic carbocycles. The van der Waals surface area contributed by atoms with E-state index in [0.29, 0.717) is 18.9 Å². The number of nitrogens with zero attached hydrogens (tertiary/aromatic N) is 2. The molecule has 1 aromatic carbocycles. The Morgan fingerprint density at radius 2 is 2.17 bits per heavy atom. The van der Waals surface area contributed by atoms with E-state index >= 15 is 0 Å². The Bertz CT molecular complexity index is 535. The van der Waals surface area contributed by atoms with Crippen LogP contribution < -0.4 is 5.73 Å². The summed E-state index contributed by atoms with van der Waals surface area (Å²) in [4.78, 5) is 0. The van der Waals surface area contributed by atoms with Gasteiger partial charge in [0.15, 0.2) is 0 Å². The molecular weight excluding hydrogens is 226 g/mol. The summed E-state index contributed by atoms with van der Waals surface area (Å²) in [6.07, 6.45) is 4.06. The predicted octanol–water partition coefficient (Wildman–Crippen LogP) is 2.04. The van der Waals surface area contributed by atoms with Crippen molar-refractivity contribution >= 4 is 0 Å². The van der Waals surface area contributed by atoms with Crippen LogP contribution in [0, 0.1) is 0 Å². The molecule has 1 unspecified atom stereocenters. The number of aromatic nitrogens is 2. The Hall–Kier alpha value is -1.68. The topological polar surface area (TPSA) is 64.9 Å². The molecule has 0 aliphatic heterocycles. The summed E-state index contributed by atoms with van der Waals surface area (Å²) in [5.74, 6) is 1.65. The van der Waals surface area contributed by atoms with Gasteiger partial charge in [-0.1, -0.05) is 24.3 Å². The number of hydrogen-bond donors (Lipinski definition) is 1. The van der Waals surface area contributed by atoms with E-state index in [4.69, 9.17) is 10.2 Å². The zero-order valence-corrected chi connectivity index (χ0v) is 10.3. The number of fused-ring (bicyclic) bond motifs is 1. The minimum atomic E-state index is 0.258. The molecule has 4 nitrogen and oxygen atoms in total. The van der Waals surface area contributed by atoms with Crippen molar-refractivity contribution in [3.05, 3.63) is 47.2 Å². The number of benzene rings is 1. The Morgan fingerprint density at radius 3 is 3.06 bits per heavy atom. The summed E-state index contributed by atoms with van der Waals surface area (Å²) in [6, 6.07) is 8.54. The van der Waals surface area contributed by atoms with Crippen LogP contribution in [0.4, 0.5) is 0 Å². The zero-order chi connectivity index (χ0) is 12.4. The molecule has 1 atom stereocenters. The second-order valence-corrected chi connectivity index (χ2v) is 4.72. The van der Waals surface area contributed by atoms with E-state index in [0.717, 1.165) is 18.7 Å². The molecule has 0 radical (unpaired) electrons. The van der Waals surface area contributed by atoms with Crippen LogP contribution in [0.25, 0.3) is 0 Å². The molecule has 4 heteroatoms. The first-order valence-electron chi connectivity index (χ1n) is 6.48. The SMILES string of the molecule is NCCc1nnc(C2CCCc3ccccc32)o1. The minimum Gasteiger partial charge on any atom is -0.425 e. The van der Waals surface area contributed by atoms with Gasteiger partial charge in [0.05, 0.1) is 5.92 Å². The van der Waals surface area contributed by atoms with Gasteiger partial charge in [-0.05, 0) is 30.4 Å². The van der Waals surface area contributed by atoms with Crippen LogP contribution in [-0.2, 0) is 12.8 Å². The van der Waals surface area contributed by atoms with E-state index in [1.54, 1.807) is 0 Å². The lowest BCUT2D eigenvalue weighted by Crippen LogP contribution is -2.11. The smallest absolute Gasteiger partial charge is 0.224 e. The van der Waals surface area contributed by atoms with Crippen molar-refractivity contribution < 1.29 is 4.42 Å². The van der Waals surface area contributed by atoms with Crippen molar-refractivity contribution in [2.24, 2.45) is 5.73 Å². The number of nitrogens with two attached hydrogens (primary N) is 1. The lowest BCUT2D eigenvalue weighted by atomic mass is 9.83. The summed E-state index contributed by atoms with van der Waals surface area (Å²) >= 11 is 0. The van der Waals surface area contributed by atoms with E-state index in [-0.39, 0.29) is 5.92 Å². The van der Waals surface area contributed by atoms with Gasteiger partial charge in [0.2, 0.25) is 11.8 Å². The van der Waals surface area contributed by atoms with Crippen LogP contribution in [-0.4, -0.2) is 16.7 Å². The van der Waals surface area contributed by atoms with E-state index < -0.39 is 0 Å². The molecule has 3 rings (SSSR count). The third-order valence-electron chi connectivity index (χ3n) is 3.51. The van der Waals surface area contributed by atoms with Crippen molar-refractivity contribution in [2.45, 2.75) is 31.6 Å². The van der Waals surface area contributed by atoms with Crippen LogP contribution in [0.15, 0.2) is 28.7 Å². The molecule has 0 spiro atoms. The van der Waals surface area contributed by atoms with Gasteiger partial charge in [-0.15, -0.1) is 10.2 Å². The van der Waals surface area contributed by atoms with Crippen LogP contribution in [0.3, 0.4) is 0 Å². The van der Waals surface area contributed by atoms with E-state index in [1.807, 2.05) is 0 Å². The van der Waals surface area contributed by atoms with E-state index in [2.05, 4.69) is 34.5 Å². The highest BCUT2D eigenvalue weighted by Gasteiger charge is 2.25. The predicted molar refractivity (Wildman–Crippen MR) is 68.3 cm³/mol. The molecule has 0 saturated heterocycles. The molecule has 0 fully saturated rings. The second kappa shape index (κ2) is 4.90. The molecule has 94 valence electrons. The zero-order valence-electron chi connectivity index (χ0n) is 10.3. The van der Waals surface area contributed by atoms with Crippen molar-refractivity contribution in [2.75, 3.05) is 6.54 Å². The molecule has 0 saturated carbocycles. The lowest BCUT2D eigenvalue weighted by Gasteiger charge is -2.22. The van der Waals surface area contributed by atoms with E-state index in [1.165, 1.54) is 17.5 Å². The number of hydrogen-bond acceptors (Lipinski definition) is 4. The summed E-state index contributed by atoms with van der Waals surface area (Å²) < 4.78 is 5.72. The summed E-state index contributed by atoms with van der Waals surface area (Å²) in [5, 5.41) is 8.24. The fraction of sp³-hybridized carbons (Fsp3) is 0.429. The van der Waals surface area contributed by atoms with E-state index in [9.17, 15) is 0 Å². The van der Waals surface area contributed by atoms with Crippen LogP contribution in [0.2, 0.25) is 0 Å². The van der Waals surface area contributed by atoms with Gasteiger partial charge < -0.3 is 10.2 Å². The maximum atomic E-state index is 5.72. The monoisotopic (exact) mass is 243 g/mol. The maximum Gasteiger partial charge on any atom is 0.224 e. The normalized spacial score (nSPS) is 18.6. The molecule has 1 aromatic heterocycles. The highest BCUT2D eigenvalue weighted by molar-refractivity contribution is 5.35. The summed E-state index contributed by atoms with van der Waals surface area (Å²) in [5.41, 5.74) is 8.25. The van der Waals surface area contributed by atoms with Gasteiger partial charge in [0.25, 0.3) is 0 Å². The second-order valence-electron chi connectivity index (χ2n) is 4.72. The number of aryl methyl sites for hydroxylation is 1. The van der Waals surface area contributed by atoms with Crippen LogP contribution in [0.1, 0.15) is 41.7 Å². The summed E-state index contributed by atoms with van der Waals surface area (Å²) in [6.45, 7) is 0.545. The van der Waals surface area contributed by atoms with Crippen molar-refractivity contribution in [1.29, 1.82) is 0 Å². The quantitative estimate of drug-likeness (QED) is 0.896. The van der Waals surface area contributed by atoms with Crippen molar-refractivity contribution in [3.63, 3.8) is 0 Å². The molecular formula is C14H17N3O. The van der Waals surface area contributed by atoms with Gasteiger partial charge in [-0.25, -0.2) is 0 Å². The average Bonchev–Trinajstić information content (AvgIpc) is 2.87. The largest absolute Gasteiger partial charge is 0.425 e. The first kappa shape index (κ1) is 11.4. The Balaban J connectivity index is 1.92. The van der Waals surface area contributed by atoms with Crippen LogP contribution in [0.5, 0.6) is 0 Å². The van der Waals surface area contributed by atoms with Gasteiger partial charge in [0, 0.05) is 13.0 Å². The lowest BCUT2D eigenvalue weighted by molar-refractivity contribution is 0.414. The third kappa shape index (κ3) is 2.04. The van der Waals surface area contributed by atoms with Gasteiger partial charge in [-0.2, -0.15) is 0 Å². The molecule has 1 aliphatic rings. The Morgan fingerprint density at radius 1 is 1.28 bits per heavy atom. The Labute approximate surface area is 106 Å². The summed E-state index contributed by atoms with van der Waals surface area (Å²) in [7, 11) is 0. The molecule has 18 heavy (non-hydrogen) atoms. The van der Waals surface area contributed by atoms with Crippen molar-refractivity contribution in [1.82, 2.24) is 10.2 Å². The first-order valence-corrected chi connectivity index (χ1v) is 6.48. The fourth-order valence-electron chi connectivity index (χ4n) is 2.64. The third-order valence-corrected chi connectivity index (χ3v) is 3.51. The van der Waals surface area contributed by atoms with Gasteiger partial charge >= 0.3 is 0 Å². The molecule has 2 aromatic rings. The van der Waals surface area contributed by atoms with Gasteiger partial charge in [-0.3, -0.25) is 0 Å². The highest BCUT2D eigenvalue weighted by Crippen LogP contribution is 2.35. The molecule has 1 heterocycles. The Kier molecular flexibility index (Phi) is 3.11. The molecule has 0 bridgehead atoms. The molecule has 0 amide bonds. The van der Waals surface area contributed by atoms with Crippen molar-refractivity contribution in [3.8, 4) is 0 Å². The number of rotatable bonds is 3. The maximum absolute atomic E-state index is 5.72. The van der Waals surface area contributed by atoms with Crippen LogP contribution >= 0.6 is 0 Å². The average molecular weight is 243 g/mol.